The van der Waals surface area contributed by atoms with Gasteiger partial charge in [0.2, 0.25) is 0 Å². The molecular weight excluding hydrogens is 348 g/mol. The molecule has 27 heavy (non-hydrogen) atoms. The fourth-order valence-electron chi connectivity index (χ4n) is 3.22. The zero-order valence-corrected chi connectivity index (χ0v) is 15.4. The molecule has 2 aromatic rings. The quantitative estimate of drug-likeness (QED) is 0.711. The number of Topliss-reactive ketones (excluding diaryl/α,β-unsaturated/α-hetero) is 1. The predicted molar refractivity (Wildman–Crippen MR) is 100 cm³/mol. The number of benzene rings is 2. The molecule has 142 valence electrons. The van der Waals surface area contributed by atoms with Crippen molar-refractivity contribution < 1.29 is 29.6 Å². The Bertz CT molecular complexity index is 925. The molecule has 0 spiro atoms. The van der Waals surface area contributed by atoms with Crippen LogP contribution in [0.4, 0.5) is 0 Å². The molecule has 1 atom stereocenters. The van der Waals surface area contributed by atoms with E-state index in [2.05, 4.69) is 0 Å². The largest absolute Gasteiger partial charge is 0.508 e. The van der Waals surface area contributed by atoms with Crippen LogP contribution in [0.15, 0.2) is 35.9 Å². The van der Waals surface area contributed by atoms with E-state index in [1.54, 1.807) is 0 Å². The van der Waals surface area contributed by atoms with Gasteiger partial charge in [-0.2, -0.15) is 0 Å². The maximum absolute atomic E-state index is 12.9. The number of fused-ring (bicyclic) bond motifs is 1. The summed E-state index contributed by atoms with van der Waals surface area (Å²) in [6.07, 6.45) is 2.55. The highest BCUT2D eigenvalue weighted by Gasteiger charge is 2.34. The van der Waals surface area contributed by atoms with E-state index >= 15 is 0 Å². The van der Waals surface area contributed by atoms with Gasteiger partial charge in [-0.05, 0) is 31.9 Å². The molecule has 0 radical (unpaired) electrons. The van der Waals surface area contributed by atoms with Crippen molar-refractivity contribution in [3.05, 3.63) is 52.6 Å². The molecule has 6 nitrogen and oxygen atoms in total. The van der Waals surface area contributed by atoms with Gasteiger partial charge in [0.15, 0.2) is 17.3 Å². The summed E-state index contributed by atoms with van der Waals surface area (Å²) < 4.78 is 10.9. The Hall–Kier alpha value is -3.15. The van der Waals surface area contributed by atoms with Crippen LogP contribution < -0.4 is 9.47 Å². The van der Waals surface area contributed by atoms with Crippen LogP contribution in [-0.4, -0.2) is 34.8 Å². The van der Waals surface area contributed by atoms with Gasteiger partial charge in [-0.1, -0.05) is 17.7 Å². The van der Waals surface area contributed by atoms with Crippen molar-refractivity contribution in [2.24, 2.45) is 0 Å². The third-order valence-corrected chi connectivity index (χ3v) is 4.54. The summed E-state index contributed by atoms with van der Waals surface area (Å²) in [7, 11) is 1.48. The van der Waals surface area contributed by atoms with Gasteiger partial charge in [0, 0.05) is 17.7 Å². The first-order valence-corrected chi connectivity index (χ1v) is 8.58. The Morgan fingerprint density at radius 2 is 1.93 bits per heavy atom. The first-order valence-electron chi connectivity index (χ1n) is 8.58. The lowest BCUT2D eigenvalue weighted by Gasteiger charge is -2.26. The molecule has 1 heterocycles. The van der Waals surface area contributed by atoms with Crippen molar-refractivity contribution in [3.63, 3.8) is 0 Å². The molecule has 0 bridgehead atoms. The molecule has 2 aromatic carbocycles. The molecule has 0 fully saturated rings. The number of allylic oxidation sites excluding steroid dienone is 2. The number of carbonyl (C=O) groups excluding carboxylic acids is 1. The van der Waals surface area contributed by atoms with Gasteiger partial charge in [0.1, 0.15) is 29.4 Å². The Kier molecular flexibility index (Phi) is 4.99. The Morgan fingerprint density at radius 3 is 2.59 bits per heavy atom. The molecule has 0 amide bonds. The number of rotatable bonds is 4. The lowest BCUT2D eigenvalue weighted by molar-refractivity contribution is 0.0892. The van der Waals surface area contributed by atoms with Crippen LogP contribution >= 0.6 is 0 Å². The van der Waals surface area contributed by atoms with Crippen molar-refractivity contribution in [1.29, 1.82) is 0 Å². The Morgan fingerprint density at radius 1 is 1.19 bits per heavy atom. The van der Waals surface area contributed by atoms with Crippen molar-refractivity contribution in [1.82, 2.24) is 0 Å². The number of carbonyl (C=O) groups is 1. The van der Waals surface area contributed by atoms with Crippen molar-refractivity contribution >= 4 is 5.78 Å². The fourth-order valence-corrected chi connectivity index (χ4v) is 3.22. The lowest BCUT2D eigenvalue weighted by Crippen LogP contribution is -2.26. The van der Waals surface area contributed by atoms with E-state index in [1.165, 1.54) is 19.2 Å². The van der Waals surface area contributed by atoms with Gasteiger partial charge in [-0.25, -0.2) is 0 Å². The van der Waals surface area contributed by atoms with Crippen LogP contribution in [0.25, 0.3) is 0 Å². The fraction of sp³-hybridized carbons (Fsp3) is 0.286. The van der Waals surface area contributed by atoms with E-state index in [4.69, 9.17) is 9.47 Å². The standard InChI is InChI=1S/C21H22O6/c1-11(2)4-5-12-6-13(7-17(24)21(12)26-3)15-10-27-18-9-14(22)8-16(23)19(18)20(15)25/h4,6-9,15,22-24H,5,10H2,1-3H3/t15-/m0/s1. The highest BCUT2D eigenvalue weighted by atomic mass is 16.5. The van der Waals surface area contributed by atoms with Gasteiger partial charge in [-0.15, -0.1) is 0 Å². The van der Waals surface area contributed by atoms with E-state index in [1.807, 2.05) is 26.0 Å². The highest BCUT2D eigenvalue weighted by molar-refractivity contribution is 6.06. The molecule has 1 aliphatic heterocycles. The number of phenolic OH excluding ortho intramolecular Hbond substituents is 3. The smallest absolute Gasteiger partial charge is 0.181 e. The first-order chi connectivity index (χ1) is 12.8. The molecule has 3 N–H and O–H groups in total. The number of hydrogen-bond donors (Lipinski definition) is 3. The maximum Gasteiger partial charge on any atom is 0.181 e. The summed E-state index contributed by atoms with van der Waals surface area (Å²) in [5.74, 6) is -1.06. The van der Waals surface area contributed by atoms with Gasteiger partial charge in [0.25, 0.3) is 0 Å². The van der Waals surface area contributed by atoms with Crippen molar-refractivity contribution in [2.75, 3.05) is 13.7 Å². The minimum atomic E-state index is -0.685. The molecule has 1 aliphatic rings. The number of phenols is 3. The summed E-state index contributed by atoms with van der Waals surface area (Å²) >= 11 is 0. The van der Waals surface area contributed by atoms with E-state index in [0.29, 0.717) is 17.7 Å². The van der Waals surface area contributed by atoms with Crippen LogP contribution in [0.5, 0.6) is 28.7 Å². The van der Waals surface area contributed by atoms with Gasteiger partial charge < -0.3 is 24.8 Å². The average molecular weight is 370 g/mol. The second-order valence-electron chi connectivity index (χ2n) is 6.78. The van der Waals surface area contributed by atoms with E-state index in [0.717, 1.165) is 17.2 Å². The maximum atomic E-state index is 12.9. The van der Waals surface area contributed by atoms with Crippen LogP contribution in [0.2, 0.25) is 0 Å². The Balaban J connectivity index is 2.04. The summed E-state index contributed by atoms with van der Waals surface area (Å²) in [6, 6.07) is 5.70. The number of methoxy groups -OCH3 is 1. The molecular formula is C21H22O6. The average Bonchev–Trinajstić information content (AvgIpc) is 2.59. The van der Waals surface area contributed by atoms with Gasteiger partial charge in [0.05, 0.1) is 13.0 Å². The predicted octanol–water partition coefficient (Wildman–Crippen LogP) is 3.68. The SMILES string of the molecule is COc1c(O)cc([C@@H]2COc3cc(O)cc(O)c3C2=O)cc1CC=C(C)C. The summed E-state index contributed by atoms with van der Waals surface area (Å²) in [5, 5.41) is 30.0. The number of aromatic hydroxyl groups is 3. The van der Waals surface area contributed by atoms with E-state index < -0.39 is 5.92 Å². The zero-order valence-electron chi connectivity index (χ0n) is 15.4. The van der Waals surface area contributed by atoms with Crippen LogP contribution in [-0.2, 0) is 6.42 Å². The molecule has 3 rings (SSSR count). The lowest BCUT2D eigenvalue weighted by atomic mass is 9.87. The highest BCUT2D eigenvalue weighted by Crippen LogP contribution is 2.42. The minimum Gasteiger partial charge on any atom is -0.508 e. The molecule has 0 aromatic heterocycles. The molecule has 6 heteroatoms. The summed E-state index contributed by atoms with van der Waals surface area (Å²) in [6.45, 7) is 4.00. The van der Waals surface area contributed by atoms with E-state index in [-0.39, 0.29) is 41.0 Å². The molecule has 0 aliphatic carbocycles. The topological polar surface area (TPSA) is 96.2 Å². The number of hydrogen-bond acceptors (Lipinski definition) is 6. The summed E-state index contributed by atoms with van der Waals surface area (Å²) in [5.41, 5.74) is 2.48. The Labute approximate surface area is 157 Å². The van der Waals surface area contributed by atoms with Gasteiger partial charge in [-0.3, -0.25) is 4.79 Å². The normalized spacial score (nSPS) is 15.7. The van der Waals surface area contributed by atoms with Crippen LogP contribution in [0, 0.1) is 0 Å². The second-order valence-corrected chi connectivity index (χ2v) is 6.78. The van der Waals surface area contributed by atoms with Gasteiger partial charge >= 0.3 is 0 Å². The van der Waals surface area contributed by atoms with E-state index in [9.17, 15) is 20.1 Å². The van der Waals surface area contributed by atoms with Crippen LogP contribution in [0.3, 0.4) is 0 Å². The number of ether oxygens (including phenoxy) is 2. The molecule has 0 saturated carbocycles. The summed E-state index contributed by atoms with van der Waals surface area (Å²) in [4.78, 5) is 12.9. The minimum absolute atomic E-state index is 0.0326. The molecule has 0 unspecified atom stereocenters. The second kappa shape index (κ2) is 7.23. The van der Waals surface area contributed by atoms with Crippen molar-refractivity contribution in [3.8, 4) is 28.7 Å². The zero-order chi connectivity index (χ0) is 19.7. The number of ketones is 1. The third kappa shape index (κ3) is 3.56. The monoisotopic (exact) mass is 370 g/mol. The first kappa shape index (κ1) is 18.6. The van der Waals surface area contributed by atoms with Crippen molar-refractivity contribution in [2.45, 2.75) is 26.2 Å². The third-order valence-electron chi connectivity index (χ3n) is 4.54. The van der Waals surface area contributed by atoms with Crippen LogP contribution in [0.1, 0.15) is 41.3 Å². The molecule has 0 saturated heterocycles.